The topological polar surface area (TPSA) is 47.4 Å². The van der Waals surface area contributed by atoms with Gasteiger partial charge in [0.1, 0.15) is 11.0 Å². The molecule has 0 aliphatic carbocycles. The van der Waals surface area contributed by atoms with Gasteiger partial charge in [-0.15, -0.1) is 0 Å². The summed E-state index contributed by atoms with van der Waals surface area (Å²) < 4.78 is 6.50. The van der Waals surface area contributed by atoms with Gasteiger partial charge in [-0.2, -0.15) is 0 Å². The van der Waals surface area contributed by atoms with Gasteiger partial charge in [-0.05, 0) is 7.05 Å². The summed E-state index contributed by atoms with van der Waals surface area (Å²) in [7, 11) is 5.20. The van der Waals surface area contributed by atoms with Crippen LogP contribution in [0.25, 0.3) is 0 Å². The lowest BCUT2D eigenvalue weighted by molar-refractivity contribution is -0.145. The molecule has 96 valence electrons. The zero-order chi connectivity index (χ0) is 13.0. The molecular weight excluding hydrogens is 242 g/mol. The Morgan fingerprint density at radius 2 is 2.35 bits per heavy atom. The molecule has 1 atom stereocenters. The minimum atomic E-state index is -0.199. The zero-order valence-corrected chi connectivity index (χ0v) is 11.4. The van der Waals surface area contributed by atoms with Crippen LogP contribution in [0.1, 0.15) is 12.7 Å². The molecular formula is C11H18ClN3O2. The molecule has 0 radical (unpaired) electrons. The van der Waals surface area contributed by atoms with Crippen LogP contribution in [0.5, 0.6) is 0 Å². The zero-order valence-electron chi connectivity index (χ0n) is 10.6. The Hall–Kier alpha value is -1.07. The fraction of sp³-hybridized carbons (Fsp3) is 0.636. The van der Waals surface area contributed by atoms with E-state index in [1.807, 2.05) is 30.5 Å². The van der Waals surface area contributed by atoms with Crippen LogP contribution in [0.4, 0.5) is 0 Å². The first-order chi connectivity index (χ1) is 7.95. The molecule has 1 aromatic rings. The van der Waals surface area contributed by atoms with E-state index in [2.05, 4.69) is 9.72 Å². The van der Waals surface area contributed by atoms with Gasteiger partial charge in [0.05, 0.1) is 25.8 Å². The van der Waals surface area contributed by atoms with Crippen molar-refractivity contribution in [3.05, 3.63) is 17.2 Å². The minimum Gasteiger partial charge on any atom is -0.469 e. The van der Waals surface area contributed by atoms with Crippen molar-refractivity contribution in [1.29, 1.82) is 0 Å². The van der Waals surface area contributed by atoms with E-state index in [9.17, 15) is 4.79 Å². The van der Waals surface area contributed by atoms with E-state index in [1.54, 1.807) is 6.20 Å². The first-order valence-electron chi connectivity index (χ1n) is 5.38. The maximum Gasteiger partial charge on any atom is 0.309 e. The average Bonchev–Trinajstić information content (AvgIpc) is 2.59. The van der Waals surface area contributed by atoms with Crippen molar-refractivity contribution < 1.29 is 9.53 Å². The van der Waals surface area contributed by atoms with Crippen LogP contribution in [-0.2, 0) is 23.1 Å². The van der Waals surface area contributed by atoms with E-state index in [4.69, 9.17) is 11.6 Å². The van der Waals surface area contributed by atoms with E-state index in [-0.39, 0.29) is 11.9 Å². The van der Waals surface area contributed by atoms with Gasteiger partial charge in [0, 0.05) is 13.6 Å². The minimum absolute atomic E-state index is 0.152. The molecule has 0 N–H and O–H groups in total. The molecule has 0 amide bonds. The third-order valence-electron chi connectivity index (χ3n) is 2.63. The fourth-order valence-electron chi connectivity index (χ4n) is 1.62. The number of imidazole rings is 1. The second kappa shape index (κ2) is 6.02. The number of hydrogen-bond acceptors (Lipinski definition) is 4. The predicted octanol–water partition coefficient (Wildman–Crippen LogP) is 1.31. The van der Waals surface area contributed by atoms with Crippen molar-refractivity contribution in [2.45, 2.75) is 13.5 Å². The lowest BCUT2D eigenvalue weighted by Gasteiger charge is -2.19. The lowest BCUT2D eigenvalue weighted by atomic mass is 10.2. The summed E-state index contributed by atoms with van der Waals surface area (Å²) in [4.78, 5) is 17.5. The second-order valence-corrected chi connectivity index (χ2v) is 4.56. The highest BCUT2D eigenvalue weighted by molar-refractivity contribution is 6.29. The molecule has 0 spiro atoms. The normalized spacial score (nSPS) is 12.8. The number of esters is 1. The van der Waals surface area contributed by atoms with E-state index in [0.29, 0.717) is 18.2 Å². The van der Waals surface area contributed by atoms with E-state index in [1.165, 1.54) is 7.11 Å². The van der Waals surface area contributed by atoms with Gasteiger partial charge in [-0.1, -0.05) is 18.5 Å². The van der Waals surface area contributed by atoms with Crippen molar-refractivity contribution in [2.24, 2.45) is 13.0 Å². The summed E-state index contributed by atoms with van der Waals surface area (Å²) >= 11 is 5.90. The standard InChI is InChI=1S/C11H18ClN3O2/c1-8(11(16)17-4)6-14(2)7-10-13-5-9(12)15(10)3/h5,8H,6-7H2,1-4H3. The van der Waals surface area contributed by atoms with E-state index < -0.39 is 0 Å². The van der Waals surface area contributed by atoms with Gasteiger partial charge < -0.3 is 9.30 Å². The number of rotatable bonds is 5. The summed E-state index contributed by atoms with van der Waals surface area (Å²) in [6, 6.07) is 0. The van der Waals surface area contributed by atoms with Crippen LogP contribution in [-0.4, -0.2) is 41.1 Å². The number of nitrogens with zero attached hydrogens (tertiary/aromatic N) is 3. The second-order valence-electron chi connectivity index (χ2n) is 4.18. The molecule has 5 nitrogen and oxygen atoms in total. The number of carbonyl (C=O) groups excluding carboxylic acids is 1. The smallest absolute Gasteiger partial charge is 0.309 e. The summed E-state index contributed by atoms with van der Waals surface area (Å²) in [5.74, 6) is 0.519. The number of ether oxygens (including phenoxy) is 1. The first kappa shape index (κ1) is 14.0. The molecule has 0 saturated heterocycles. The number of aromatic nitrogens is 2. The molecule has 1 rings (SSSR count). The SMILES string of the molecule is COC(=O)C(C)CN(C)Cc1ncc(Cl)n1C. The summed E-state index contributed by atoms with van der Waals surface area (Å²) in [5.41, 5.74) is 0. The van der Waals surface area contributed by atoms with Crippen LogP contribution in [0, 0.1) is 5.92 Å². The highest BCUT2D eigenvalue weighted by Gasteiger charge is 2.16. The molecule has 0 saturated carbocycles. The van der Waals surface area contributed by atoms with Crippen molar-refractivity contribution >= 4 is 17.6 Å². The first-order valence-corrected chi connectivity index (χ1v) is 5.76. The molecule has 6 heteroatoms. The summed E-state index contributed by atoms with van der Waals surface area (Å²) in [6.45, 7) is 3.11. The molecule has 1 heterocycles. The van der Waals surface area contributed by atoms with Gasteiger partial charge in [0.25, 0.3) is 0 Å². The average molecular weight is 260 g/mol. The fourth-order valence-corrected chi connectivity index (χ4v) is 1.77. The molecule has 0 aliphatic rings. The van der Waals surface area contributed by atoms with Gasteiger partial charge in [0.15, 0.2) is 0 Å². The Balaban J connectivity index is 2.52. The summed E-state index contributed by atoms with van der Waals surface area (Å²) in [5, 5.41) is 0.606. The molecule has 0 fully saturated rings. The largest absolute Gasteiger partial charge is 0.469 e. The molecule has 0 bridgehead atoms. The van der Waals surface area contributed by atoms with Crippen molar-refractivity contribution in [3.63, 3.8) is 0 Å². The number of carbonyl (C=O) groups is 1. The Kier molecular flexibility index (Phi) is 4.96. The van der Waals surface area contributed by atoms with Crippen LogP contribution < -0.4 is 0 Å². The van der Waals surface area contributed by atoms with Gasteiger partial charge in [-0.3, -0.25) is 9.69 Å². The highest BCUT2D eigenvalue weighted by atomic mass is 35.5. The lowest BCUT2D eigenvalue weighted by Crippen LogP contribution is -2.29. The summed E-state index contributed by atoms with van der Waals surface area (Å²) in [6.07, 6.45) is 1.62. The Morgan fingerprint density at radius 1 is 1.71 bits per heavy atom. The van der Waals surface area contributed by atoms with Crippen LogP contribution >= 0.6 is 11.6 Å². The van der Waals surface area contributed by atoms with Crippen molar-refractivity contribution in [2.75, 3.05) is 20.7 Å². The molecule has 1 aromatic heterocycles. The Bertz CT molecular complexity index is 392. The molecule has 17 heavy (non-hydrogen) atoms. The highest BCUT2D eigenvalue weighted by Crippen LogP contribution is 2.11. The van der Waals surface area contributed by atoms with Crippen LogP contribution in [0.2, 0.25) is 5.15 Å². The number of halogens is 1. The Labute approximate surface area is 106 Å². The van der Waals surface area contributed by atoms with Gasteiger partial charge in [-0.25, -0.2) is 4.98 Å². The molecule has 0 aliphatic heterocycles. The molecule has 1 unspecified atom stereocenters. The van der Waals surface area contributed by atoms with Gasteiger partial charge in [0.2, 0.25) is 0 Å². The van der Waals surface area contributed by atoms with Crippen molar-refractivity contribution in [3.8, 4) is 0 Å². The third-order valence-corrected chi connectivity index (χ3v) is 2.98. The van der Waals surface area contributed by atoms with Gasteiger partial charge >= 0.3 is 5.97 Å². The maximum absolute atomic E-state index is 11.3. The van der Waals surface area contributed by atoms with E-state index in [0.717, 1.165) is 5.82 Å². The van der Waals surface area contributed by atoms with Crippen LogP contribution in [0.3, 0.4) is 0 Å². The number of methoxy groups -OCH3 is 1. The van der Waals surface area contributed by atoms with Crippen molar-refractivity contribution in [1.82, 2.24) is 14.5 Å². The van der Waals surface area contributed by atoms with E-state index >= 15 is 0 Å². The predicted molar refractivity (Wildman–Crippen MR) is 65.7 cm³/mol. The van der Waals surface area contributed by atoms with Crippen LogP contribution in [0.15, 0.2) is 6.20 Å². The third kappa shape index (κ3) is 3.71. The Morgan fingerprint density at radius 3 is 2.82 bits per heavy atom. The maximum atomic E-state index is 11.3. The molecule has 0 aromatic carbocycles. The number of hydrogen-bond donors (Lipinski definition) is 0. The quantitative estimate of drug-likeness (QED) is 0.749. The monoisotopic (exact) mass is 259 g/mol.